The molecule has 1 amide bonds. The molecular weight excluding hydrogens is 408 g/mol. The number of para-hydroxylation sites is 1. The van der Waals surface area contributed by atoms with E-state index in [0.717, 1.165) is 48.7 Å². The van der Waals surface area contributed by atoms with Gasteiger partial charge in [0.15, 0.2) is 5.96 Å². The second-order valence-corrected chi connectivity index (χ2v) is 8.04. The first kappa shape index (κ1) is 22.0. The molecule has 2 N–H and O–H groups in total. The van der Waals surface area contributed by atoms with Crippen molar-refractivity contribution < 1.29 is 18.7 Å². The third-order valence-corrected chi connectivity index (χ3v) is 5.84. The molecule has 4 rings (SSSR count). The van der Waals surface area contributed by atoms with Crippen LogP contribution in [-0.4, -0.2) is 55.8 Å². The van der Waals surface area contributed by atoms with E-state index in [1.54, 1.807) is 11.2 Å². The number of rotatable bonds is 6. The molecule has 0 aliphatic carbocycles. The van der Waals surface area contributed by atoms with Gasteiger partial charge < -0.3 is 29.4 Å². The number of nitrogens with one attached hydrogen (secondary N) is 2. The minimum Gasteiger partial charge on any atom is -0.493 e. The Hall–Kier alpha value is -3.16. The number of ether oxygens (including phenoxy) is 2. The molecule has 8 heteroatoms. The zero-order valence-electron chi connectivity index (χ0n) is 18.6. The number of hydrogen-bond acceptors (Lipinski definition) is 5. The molecule has 1 atom stereocenters. The predicted molar refractivity (Wildman–Crippen MR) is 122 cm³/mol. The van der Waals surface area contributed by atoms with Crippen LogP contribution in [0.4, 0.5) is 4.79 Å². The van der Waals surface area contributed by atoms with Crippen LogP contribution in [0.2, 0.25) is 0 Å². The van der Waals surface area contributed by atoms with Crippen molar-refractivity contribution in [1.29, 1.82) is 0 Å². The van der Waals surface area contributed by atoms with E-state index in [-0.39, 0.29) is 18.2 Å². The van der Waals surface area contributed by atoms with Crippen LogP contribution < -0.4 is 15.4 Å². The van der Waals surface area contributed by atoms with Crippen molar-refractivity contribution >= 4 is 12.1 Å². The Morgan fingerprint density at radius 2 is 2.00 bits per heavy atom. The van der Waals surface area contributed by atoms with Crippen molar-refractivity contribution in [2.75, 3.05) is 32.8 Å². The summed E-state index contributed by atoms with van der Waals surface area (Å²) >= 11 is 0. The fourth-order valence-corrected chi connectivity index (χ4v) is 4.14. The van der Waals surface area contributed by atoms with Crippen LogP contribution in [0, 0.1) is 0 Å². The van der Waals surface area contributed by atoms with Gasteiger partial charge in [0.25, 0.3) is 0 Å². The molecule has 1 unspecified atom stereocenters. The number of furan rings is 1. The van der Waals surface area contributed by atoms with E-state index < -0.39 is 0 Å². The lowest BCUT2D eigenvalue weighted by atomic mass is 10.0. The molecule has 8 nitrogen and oxygen atoms in total. The smallest absolute Gasteiger partial charge is 0.409 e. The van der Waals surface area contributed by atoms with Crippen LogP contribution in [0.3, 0.4) is 0 Å². The van der Waals surface area contributed by atoms with E-state index in [4.69, 9.17) is 18.9 Å². The summed E-state index contributed by atoms with van der Waals surface area (Å²) in [6.07, 6.45) is 4.77. The number of benzene rings is 1. The van der Waals surface area contributed by atoms with Crippen molar-refractivity contribution in [3.63, 3.8) is 0 Å². The second-order valence-electron chi connectivity index (χ2n) is 8.04. The van der Waals surface area contributed by atoms with Gasteiger partial charge in [-0.3, -0.25) is 4.99 Å². The van der Waals surface area contributed by atoms with Crippen LogP contribution in [0.5, 0.6) is 5.75 Å². The van der Waals surface area contributed by atoms with Crippen LogP contribution in [0.25, 0.3) is 0 Å². The summed E-state index contributed by atoms with van der Waals surface area (Å²) in [5.74, 6) is 2.63. The Bertz CT molecular complexity index is 891. The van der Waals surface area contributed by atoms with E-state index >= 15 is 0 Å². The first-order valence-corrected chi connectivity index (χ1v) is 11.5. The molecule has 3 heterocycles. The number of carbonyl (C=O) groups excluding carboxylic acids is 1. The maximum atomic E-state index is 12.0. The fraction of sp³-hybridized carbons (Fsp3) is 0.500. The van der Waals surface area contributed by atoms with Gasteiger partial charge in [0, 0.05) is 44.1 Å². The molecule has 2 aliphatic heterocycles. The largest absolute Gasteiger partial charge is 0.493 e. The van der Waals surface area contributed by atoms with Gasteiger partial charge in [0.05, 0.1) is 25.5 Å². The molecule has 1 aromatic carbocycles. The zero-order valence-corrected chi connectivity index (χ0v) is 18.6. The van der Waals surface area contributed by atoms with Gasteiger partial charge in [-0.15, -0.1) is 0 Å². The van der Waals surface area contributed by atoms with Gasteiger partial charge in [0.2, 0.25) is 0 Å². The quantitative estimate of drug-likeness (QED) is 0.528. The maximum absolute atomic E-state index is 12.0. The van der Waals surface area contributed by atoms with Gasteiger partial charge in [0.1, 0.15) is 11.5 Å². The molecular formula is C24H32N4O4. The average Bonchev–Trinajstić information content (AvgIpc) is 3.33. The highest BCUT2D eigenvalue weighted by atomic mass is 16.6. The van der Waals surface area contributed by atoms with Gasteiger partial charge in [-0.25, -0.2) is 4.79 Å². The first-order valence-electron chi connectivity index (χ1n) is 11.5. The molecule has 32 heavy (non-hydrogen) atoms. The van der Waals surface area contributed by atoms with Gasteiger partial charge in [-0.05, 0) is 38.0 Å². The lowest BCUT2D eigenvalue weighted by Gasteiger charge is -2.34. The molecule has 1 fully saturated rings. The molecule has 0 bridgehead atoms. The SMILES string of the molecule is CCOC(=O)N1CCC(NC(=NCCc2ccco2)NC2CCOc3ccccc32)CC1. The maximum Gasteiger partial charge on any atom is 0.409 e. The predicted octanol–water partition coefficient (Wildman–Crippen LogP) is 3.50. The molecule has 1 saturated heterocycles. The van der Waals surface area contributed by atoms with Crippen LogP contribution in [0.15, 0.2) is 52.1 Å². The Kier molecular flexibility index (Phi) is 7.53. The fourth-order valence-electron chi connectivity index (χ4n) is 4.14. The molecule has 0 saturated carbocycles. The van der Waals surface area contributed by atoms with Crippen LogP contribution in [0.1, 0.15) is 43.6 Å². The molecule has 0 radical (unpaired) electrons. The molecule has 0 spiro atoms. The highest BCUT2D eigenvalue weighted by molar-refractivity contribution is 5.81. The van der Waals surface area contributed by atoms with E-state index in [0.29, 0.717) is 32.8 Å². The van der Waals surface area contributed by atoms with Crippen LogP contribution >= 0.6 is 0 Å². The number of nitrogens with zero attached hydrogens (tertiary/aromatic N) is 2. The number of guanidine groups is 1. The Labute approximate surface area is 189 Å². The van der Waals surface area contributed by atoms with Gasteiger partial charge in [-0.2, -0.15) is 0 Å². The number of aliphatic imine (C=N–C) groups is 1. The Morgan fingerprint density at radius 3 is 2.78 bits per heavy atom. The highest BCUT2D eigenvalue weighted by Gasteiger charge is 2.26. The standard InChI is InChI=1S/C24H32N4O4/c1-2-30-24(29)28-14-10-18(11-15-28)26-23(25-13-9-19-6-5-16-31-19)27-21-12-17-32-22-8-4-3-7-20(21)22/h3-8,16,18,21H,2,9-15,17H2,1H3,(H2,25,26,27). The van der Waals surface area contributed by atoms with Crippen molar-refractivity contribution in [3.05, 3.63) is 54.0 Å². The molecule has 2 aliphatic rings. The molecule has 172 valence electrons. The van der Waals surface area contributed by atoms with Crippen LogP contribution in [-0.2, 0) is 11.2 Å². The summed E-state index contributed by atoms with van der Waals surface area (Å²) in [7, 11) is 0. The number of piperidine rings is 1. The number of carbonyl (C=O) groups is 1. The minimum absolute atomic E-state index is 0.134. The molecule has 1 aromatic heterocycles. The number of hydrogen-bond donors (Lipinski definition) is 2. The lowest BCUT2D eigenvalue weighted by Crippen LogP contribution is -2.50. The van der Waals surface area contributed by atoms with E-state index in [2.05, 4.69) is 16.7 Å². The third-order valence-electron chi connectivity index (χ3n) is 5.84. The van der Waals surface area contributed by atoms with Gasteiger partial charge >= 0.3 is 6.09 Å². The number of likely N-dealkylation sites (tertiary alicyclic amines) is 1. The first-order chi connectivity index (χ1) is 15.7. The van der Waals surface area contributed by atoms with Gasteiger partial charge in [-0.1, -0.05) is 18.2 Å². The average molecular weight is 441 g/mol. The summed E-state index contributed by atoms with van der Waals surface area (Å²) in [6.45, 7) is 4.88. The second kappa shape index (κ2) is 10.9. The topological polar surface area (TPSA) is 88.3 Å². The van der Waals surface area contributed by atoms with Crippen molar-refractivity contribution in [2.24, 2.45) is 4.99 Å². The molecule has 2 aromatic rings. The van der Waals surface area contributed by atoms with Crippen molar-refractivity contribution in [2.45, 2.75) is 44.7 Å². The third kappa shape index (κ3) is 5.75. The monoisotopic (exact) mass is 440 g/mol. The van der Waals surface area contributed by atoms with E-state index in [1.807, 2.05) is 37.3 Å². The summed E-state index contributed by atoms with van der Waals surface area (Å²) in [5, 5.41) is 7.21. The Balaban J connectivity index is 1.40. The number of amides is 1. The minimum atomic E-state index is -0.227. The lowest BCUT2D eigenvalue weighted by molar-refractivity contribution is 0.0963. The summed E-state index contributed by atoms with van der Waals surface area (Å²) in [6, 6.07) is 12.4. The van der Waals surface area contributed by atoms with Crippen molar-refractivity contribution in [3.8, 4) is 5.75 Å². The summed E-state index contributed by atoms with van der Waals surface area (Å²) < 4.78 is 16.4. The summed E-state index contributed by atoms with van der Waals surface area (Å²) in [5.41, 5.74) is 1.15. The van der Waals surface area contributed by atoms with E-state index in [9.17, 15) is 4.79 Å². The Morgan fingerprint density at radius 1 is 1.16 bits per heavy atom. The van der Waals surface area contributed by atoms with E-state index in [1.165, 1.54) is 0 Å². The normalized spacial score (nSPS) is 19.1. The summed E-state index contributed by atoms with van der Waals surface area (Å²) in [4.78, 5) is 18.6. The highest BCUT2D eigenvalue weighted by Crippen LogP contribution is 2.31. The van der Waals surface area contributed by atoms with Crippen molar-refractivity contribution in [1.82, 2.24) is 15.5 Å². The number of fused-ring (bicyclic) bond motifs is 1. The zero-order chi connectivity index (χ0) is 22.2.